The van der Waals surface area contributed by atoms with Crippen LogP contribution in [0.4, 0.5) is 5.69 Å². The lowest BCUT2D eigenvalue weighted by Crippen LogP contribution is -2.00. The van der Waals surface area contributed by atoms with E-state index in [1.807, 2.05) is 31.2 Å². The molecule has 94 valence electrons. The van der Waals surface area contributed by atoms with Gasteiger partial charge in [-0.15, -0.1) is 0 Å². The zero-order valence-corrected chi connectivity index (χ0v) is 10.7. The number of aryl methyl sites for hydroxylation is 2. The van der Waals surface area contributed by atoms with E-state index < -0.39 is 0 Å². The number of nitrogen functional groups attached to an aromatic ring is 1. The van der Waals surface area contributed by atoms with Crippen LogP contribution in [0.5, 0.6) is 5.75 Å². The summed E-state index contributed by atoms with van der Waals surface area (Å²) in [6.07, 6.45) is 2.07. The molecule has 0 unspecified atom stereocenters. The van der Waals surface area contributed by atoms with Gasteiger partial charge in [-0.1, -0.05) is 30.3 Å². The molecule has 0 aliphatic heterocycles. The van der Waals surface area contributed by atoms with Gasteiger partial charge in [0.1, 0.15) is 5.75 Å². The number of ether oxygens (including phenoxy) is 1. The van der Waals surface area contributed by atoms with Gasteiger partial charge < -0.3 is 10.5 Å². The summed E-state index contributed by atoms with van der Waals surface area (Å²) in [5, 5.41) is 0. The molecule has 2 aromatic carbocycles. The fourth-order valence-corrected chi connectivity index (χ4v) is 1.85. The van der Waals surface area contributed by atoms with E-state index in [0.717, 1.165) is 36.4 Å². The molecule has 2 N–H and O–H groups in total. The number of hydrogen-bond acceptors (Lipinski definition) is 2. The summed E-state index contributed by atoms with van der Waals surface area (Å²) in [6.45, 7) is 2.73. The minimum absolute atomic E-state index is 0.734. The molecule has 0 saturated carbocycles. The van der Waals surface area contributed by atoms with Crippen LogP contribution in [-0.4, -0.2) is 6.61 Å². The molecular formula is C16H19NO. The molecule has 0 saturated heterocycles. The first-order valence-corrected chi connectivity index (χ1v) is 6.28. The van der Waals surface area contributed by atoms with Crippen molar-refractivity contribution in [3.05, 3.63) is 59.7 Å². The Hall–Kier alpha value is -1.96. The SMILES string of the molecule is Cc1cc(OCCCc2ccccc2)ccc1N. The molecule has 0 radical (unpaired) electrons. The molecule has 0 aliphatic carbocycles. The van der Waals surface area contributed by atoms with Crippen LogP contribution in [0.3, 0.4) is 0 Å². The van der Waals surface area contributed by atoms with E-state index in [4.69, 9.17) is 10.5 Å². The van der Waals surface area contributed by atoms with Crippen molar-refractivity contribution in [2.24, 2.45) is 0 Å². The van der Waals surface area contributed by atoms with E-state index in [0.29, 0.717) is 0 Å². The highest BCUT2D eigenvalue weighted by molar-refractivity contribution is 5.49. The van der Waals surface area contributed by atoms with Gasteiger partial charge >= 0.3 is 0 Å². The largest absolute Gasteiger partial charge is 0.494 e. The van der Waals surface area contributed by atoms with Crippen LogP contribution in [0, 0.1) is 6.92 Å². The average molecular weight is 241 g/mol. The quantitative estimate of drug-likeness (QED) is 0.641. The topological polar surface area (TPSA) is 35.2 Å². The summed E-state index contributed by atoms with van der Waals surface area (Å²) in [7, 11) is 0. The predicted molar refractivity (Wildman–Crippen MR) is 75.8 cm³/mol. The maximum absolute atomic E-state index is 5.76. The molecule has 0 atom stereocenters. The number of anilines is 1. The number of rotatable bonds is 5. The standard InChI is InChI=1S/C16H19NO/c1-13-12-15(9-10-16(13)17)18-11-5-8-14-6-3-2-4-7-14/h2-4,6-7,9-10,12H,5,8,11,17H2,1H3. The minimum atomic E-state index is 0.734. The van der Waals surface area contributed by atoms with Gasteiger partial charge in [0, 0.05) is 5.69 Å². The lowest BCUT2D eigenvalue weighted by Gasteiger charge is -2.08. The Bertz CT molecular complexity index is 494. The van der Waals surface area contributed by atoms with E-state index in [-0.39, 0.29) is 0 Å². The van der Waals surface area contributed by atoms with E-state index >= 15 is 0 Å². The van der Waals surface area contributed by atoms with Crippen LogP contribution in [0.2, 0.25) is 0 Å². The first-order valence-electron chi connectivity index (χ1n) is 6.28. The van der Waals surface area contributed by atoms with Gasteiger partial charge in [-0.2, -0.15) is 0 Å². The maximum atomic E-state index is 5.76. The van der Waals surface area contributed by atoms with Crippen molar-refractivity contribution in [1.82, 2.24) is 0 Å². The smallest absolute Gasteiger partial charge is 0.119 e. The average Bonchev–Trinajstić information content (AvgIpc) is 2.40. The molecule has 0 heterocycles. The van der Waals surface area contributed by atoms with Gasteiger partial charge in [0.15, 0.2) is 0 Å². The summed E-state index contributed by atoms with van der Waals surface area (Å²) in [5.41, 5.74) is 9.00. The Morgan fingerprint density at radius 3 is 2.56 bits per heavy atom. The zero-order chi connectivity index (χ0) is 12.8. The molecule has 2 aromatic rings. The van der Waals surface area contributed by atoms with Crippen LogP contribution in [0.25, 0.3) is 0 Å². The van der Waals surface area contributed by atoms with Crippen molar-refractivity contribution < 1.29 is 4.74 Å². The molecule has 0 spiro atoms. The highest BCUT2D eigenvalue weighted by atomic mass is 16.5. The zero-order valence-electron chi connectivity index (χ0n) is 10.7. The van der Waals surface area contributed by atoms with Gasteiger partial charge in [0.05, 0.1) is 6.61 Å². The van der Waals surface area contributed by atoms with Crippen LogP contribution >= 0.6 is 0 Å². The second-order valence-electron chi connectivity index (χ2n) is 4.46. The van der Waals surface area contributed by atoms with E-state index in [1.165, 1.54) is 5.56 Å². The van der Waals surface area contributed by atoms with Crippen molar-refractivity contribution in [2.45, 2.75) is 19.8 Å². The Morgan fingerprint density at radius 2 is 1.83 bits per heavy atom. The predicted octanol–water partition coefficient (Wildman–Crippen LogP) is 3.59. The molecule has 0 aliphatic rings. The van der Waals surface area contributed by atoms with Crippen LogP contribution in [0.15, 0.2) is 48.5 Å². The van der Waals surface area contributed by atoms with Crippen molar-refractivity contribution in [2.75, 3.05) is 12.3 Å². The van der Waals surface area contributed by atoms with Gasteiger partial charge in [-0.3, -0.25) is 0 Å². The molecule has 0 amide bonds. The van der Waals surface area contributed by atoms with Gasteiger partial charge in [-0.25, -0.2) is 0 Å². The van der Waals surface area contributed by atoms with Gasteiger partial charge in [0.2, 0.25) is 0 Å². The molecule has 18 heavy (non-hydrogen) atoms. The molecule has 0 bridgehead atoms. The normalized spacial score (nSPS) is 10.3. The Balaban J connectivity index is 1.77. The van der Waals surface area contributed by atoms with Gasteiger partial charge in [-0.05, 0) is 49.1 Å². The highest BCUT2D eigenvalue weighted by Crippen LogP contribution is 2.18. The van der Waals surface area contributed by atoms with Crippen molar-refractivity contribution in [1.29, 1.82) is 0 Å². The van der Waals surface area contributed by atoms with Crippen LogP contribution < -0.4 is 10.5 Å². The first-order chi connectivity index (χ1) is 8.75. The molecule has 2 rings (SSSR count). The molecular weight excluding hydrogens is 222 g/mol. The lowest BCUT2D eigenvalue weighted by molar-refractivity contribution is 0.311. The lowest BCUT2D eigenvalue weighted by atomic mass is 10.1. The molecule has 2 nitrogen and oxygen atoms in total. The van der Waals surface area contributed by atoms with Crippen molar-refractivity contribution in [3.63, 3.8) is 0 Å². The highest BCUT2D eigenvalue weighted by Gasteiger charge is 1.98. The summed E-state index contributed by atoms with van der Waals surface area (Å²) in [5.74, 6) is 0.898. The van der Waals surface area contributed by atoms with Gasteiger partial charge in [0.25, 0.3) is 0 Å². The monoisotopic (exact) mass is 241 g/mol. The summed E-state index contributed by atoms with van der Waals surface area (Å²) in [4.78, 5) is 0. The first kappa shape index (κ1) is 12.5. The van der Waals surface area contributed by atoms with E-state index in [2.05, 4.69) is 24.3 Å². The van der Waals surface area contributed by atoms with Crippen molar-refractivity contribution in [3.8, 4) is 5.75 Å². The van der Waals surface area contributed by atoms with Crippen molar-refractivity contribution >= 4 is 5.69 Å². The minimum Gasteiger partial charge on any atom is -0.494 e. The second-order valence-corrected chi connectivity index (χ2v) is 4.46. The fraction of sp³-hybridized carbons (Fsp3) is 0.250. The Kier molecular flexibility index (Phi) is 4.24. The summed E-state index contributed by atoms with van der Waals surface area (Å²) >= 11 is 0. The maximum Gasteiger partial charge on any atom is 0.119 e. The second kappa shape index (κ2) is 6.10. The summed E-state index contributed by atoms with van der Waals surface area (Å²) in [6, 6.07) is 16.3. The third-order valence-electron chi connectivity index (χ3n) is 2.96. The number of hydrogen-bond donors (Lipinski definition) is 1. The Morgan fingerprint density at radius 1 is 1.06 bits per heavy atom. The number of benzene rings is 2. The van der Waals surface area contributed by atoms with Crippen LogP contribution in [-0.2, 0) is 6.42 Å². The number of nitrogens with two attached hydrogens (primary N) is 1. The third-order valence-corrected chi connectivity index (χ3v) is 2.96. The molecule has 0 fully saturated rings. The molecule has 0 aromatic heterocycles. The van der Waals surface area contributed by atoms with E-state index in [9.17, 15) is 0 Å². The summed E-state index contributed by atoms with van der Waals surface area (Å²) < 4.78 is 5.71. The third kappa shape index (κ3) is 3.52. The molecule has 2 heteroatoms. The Labute approximate surface area is 108 Å². The van der Waals surface area contributed by atoms with E-state index in [1.54, 1.807) is 0 Å². The fourth-order valence-electron chi connectivity index (χ4n) is 1.85. The van der Waals surface area contributed by atoms with Crippen LogP contribution in [0.1, 0.15) is 17.5 Å².